The lowest BCUT2D eigenvalue weighted by molar-refractivity contribution is -0.141. The highest BCUT2D eigenvalue weighted by Gasteiger charge is 2.29. The molecule has 0 aliphatic heterocycles. The Morgan fingerprint density at radius 2 is 1.69 bits per heavy atom. The van der Waals surface area contributed by atoms with E-state index in [1.54, 1.807) is 16.7 Å². The molecule has 3 aromatic carbocycles. The Balaban J connectivity index is 1.76. The second kappa shape index (κ2) is 14.0. The van der Waals surface area contributed by atoms with Crippen LogP contribution in [0.15, 0.2) is 83.8 Å². The number of carbonyl (C=O) groups is 2. The van der Waals surface area contributed by atoms with Crippen LogP contribution < -0.4 is 5.32 Å². The smallest absolute Gasteiger partial charge is 0.243 e. The number of amides is 2. The van der Waals surface area contributed by atoms with E-state index in [0.29, 0.717) is 31.0 Å². The van der Waals surface area contributed by atoms with Gasteiger partial charge in [-0.2, -0.15) is 0 Å². The fraction of sp³-hybridized carbons (Fsp3) is 0.310. The zero-order valence-electron chi connectivity index (χ0n) is 20.4. The Morgan fingerprint density at radius 1 is 0.971 bits per heavy atom. The number of nitrogens with zero attached hydrogens (tertiary/aromatic N) is 1. The summed E-state index contributed by atoms with van der Waals surface area (Å²) in [6.07, 6.45) is 1.59. The average molecular weight is 509 g/mol. The van der Waals surface area contributed by atoms with Crippen molar-refractivity contribution in [2.24, 2.45) is 0 Å². The molecule has 35 heavy (non-hydrogen) atoms. The van der Waals surface area contributed by atoms with Gasteiger partial charge in [0, 0.05) is 35.8 Å². The molecule has 184 valence electrons. The highest BCUT2D eigenvalue weighted by molar-refractivity contribution is 7.99. The Hall–Kier alpha value is -2.76. The molecule has 3 aromatic rings. The minimum atomic E-state index is -0.575. The van der Waals surface area contributed by atoms with Crippen LogP contribution in [0.4, 0.5) is 0 Å². The van der Waals surface area contributed by atoms with E-state index < -0.39 is 6.04 Å². The Kier molecular flexibility index (Phi) is 10.7. The molecule has 6 heteroatoms. The number of carbonyl (C=O) groups excluding carboxylic acids is 2. The maximum absolute atomic E-state index is 13.5. The summed E-state index contributed by atoms with van der Waals surface area (Å²) in [5.41, 5.74) is 3.19. The summed E-state index contributed by atoms with van der Waals surface area (Å²) >= 11 is 7.67. The molecule has 0 spiro atoms. The maximum Gasteiger partial charge on any atom is 0.243 e. The van der Waals surface area contributed by atoms with E-state index in [0.717, 1.165) is 33.8 Å². The number of thioether (sulfide) groups is 1. The van der Waals surface area contributed by atoms with Gasteiger partial charge in [-0.25, -0.2) is 0 Å². The SMILES string of the molecule is CCNC(=O)[C@H](Cc1ccccc1)N(Cc1cccc(C)c1)C(=O)CCCSc1ccc(Cl)cc1. The summed E-state index contributed by atoms with van der Waals surface area (Å²) in [6.45, 7) is 4.86. The summed E-state index contributed by atoms with van der Waals surface area (Å²) in [7, 11) is 0. The molecule has 0 heterocycles. The third-order valence-electron chi connectivity index (χ3n) is 5.67. The van der Waals surface area contributed by atoms with Gasteiger partial charge in [0.2, 0.25) is 11.8 Å². The predicted molar refractivity (Wildman–Crippen MR) is 146 cm³/mol. The van der Waals surface area contributed by atoms with Crippen LogP contribution in [0.1, 0.15) is 36.5 Å². The standard InChI is InChI=1S/C29H33ClN2O2S/c1-3-31-29(34)27(20-23-10-5-4-6-11-23)32(21-24-12-7-9-22(2)19-24)28(33)13-8-18-35-26-16-14-25(30)15-17-26/h4-7,9-12,14-17,19,27H,3,8,13,18,20-21H2,1-2H3,(H,31,34)/t27-/m0/s1. The lowest BCUT2D eigenvalue weighted by Gasteiger charge is -2.31. The molecule has 1 atom stereocenters. The number of nitrogens with one attached hydrogen (secondary N) is 1. The Labute approximate surface area is 218 Å². The molecule has 0 unspecified atom stereocenters. The highest BCUT2D eigenvalue weighted by atomic mass is 35.5. The first-order chi connectivity index (χ1) is 17.0. The van der Waals surface area contributed by atoms with Crippen LogP contribution in [0.3, 0.4) is 0 Å². The second-order valence-electron chi connectivity index (χ2n) is 8.52. The zero-order chi connectivity index (χ0) is 25.0. The largest absolute Gasteiger partial charge is 0.355 e. The van der Waals surface area contributed by atoms with E-state index >= 15 is 0 Å². The fourth-order valence-electron chi connectivity index (χ4n) is 3.94. The molecule has 4 nitrogen and oxygen atoms in total. The Morgan fingerprint density at radius 3 is 2.37 bits per heavy atom. The molecule has 0 fully saturated rings. The number of hydrogen-bond donors (Lipinski definition) is 1. The van der Waals surface area contributed by atoms with Crippen LogP contribution in [0.25, 0.3) is 0 Å². The van der Waals surface area contributed by atoms with Gasteiger partial charge in [0.05, 0.1) is 0 Å². The van der Waals surface area contributed by atoms with Crippen molar-refractivity contribution >= 4 is 35.2 Å². The number of likely N-dealkylation sites (N-methyl/N-ethyl adjacent to an activating group) is 1. The molecule has 0 aliphatic carbocycles. The lowest BCUT2D eigenvalue weighted by atomic mass is 10.0. The normalized spacial score (nSPS) is 11.6. The van der Waals surface area contributed by atoms with E-state index in [-0.39, 0.29) is 11.8 Å². The van der Waals surface area contributed by atoms with E-state index in [4.69, 9.17) is 11.6 Å². The minimum Gasteiger partial charge on any atom is -0.355 e. The minimum absolute atomic E-state index is 0.00426. The Bertz CT molecular complexity index is 1090. The molecule has 0 bridgehead atoms. The average Bonchev–Trinajstić information content (AvgIpc) is 2.86. The molecule has 3 rings (SSSR count). The van der Waals surface area contributed by atoms with Gasteiger partial charge in [-0.3, -0.25) is 9.59 Å². The predicted octanol–water partition coefficient (Wildman–Crippen LogP) is 6.30. The maximum atomic E-state index is 13.5. The molecule has 0 aliphatic rings. The number of hydrogen-bond acceptors (Lipinski definition) is 3. The first kappa shape index (κ1) is 26.8. The molecule has 1 N–H and O–H groups in total. The lowest BCUT2D eigenvalue weighted by Crippen LogP contribution is -2.50. The van der Waals surface area contributed by atoms with Gasteiger partial charge < -0.3 is 10.2 Å². The third kappa shape index (κ3) is 8.75. The topological polar surface area (TPSA) is 49.4 Å². The molecular formula is C29H33ClN2O2S. The molecule has 0 aromatic heterocycles. The van der Waals surface area contributed by atoms with E-state index in [1.807, 2.05) is 86.6 Å². The molecular weight excluding hydrogens is 476 g/mol. The van der Waals surface area contributed by atoms with Crippen LogP contribution in [0, 0.1) is 6.92 Å². The van der Waals surface area contributed by atoms with Crippen molar-refractivity contribution in [3.8, 4) is 0 Å². The summed E-state index contributed by atoms with van der Waals surface area (Å²) < 4.78 is 0. The fourth-order valence-corrected chi connectivity index (χ4v) is 4.92. The van der Waals surface area contributed by atoms with Crippen LogP contribution >= 0.6 is 23.4 Å². The molecule has 0 saturated carbocycles. The van der Waals surface area contributed by atoms with Gasteiger partial charge in [-0.15, -0.1) is 11.8 Å². The van der Waals surface area contributed by atoms with Crippen LogP contribution in [0.2, 0.25) is 5.02 Å². The summed E-state index contributed by atoms with van der Waals surface area (Å²) in [5.74, 6) is 0.694. The summed E-state index contributed by atoms with van der Waals surface area (Å²) in [4.78, 5) is 29.6. The van der Waals surface area contributed by atoms with Crippen molar-refractivity contribution in [2.75, 3.05) is 12.3 Å². The van der Waals surface area contributed by atoms with E-state index in [1.165, 1.54) is 0 Å². The monoisotopic (exact) mass is 508 g/mol. The van der Waals surface area contributed by atoms with Crippen molar-refractivity contribution in [3.63, 3.8) is 0 Å². The van der Waals surface area contributed by atoms with Crippen molar-refractivity contribution < 1.29 is 9.59 Å². The second-order valence-corrected chi connectivity index (χ2v) is 10.1. The molecule has 0 radical (unpaired) electrons. The van der Waals surface area contributed by atoms with Crippen molar-refractivity contribution in [2.45, 2.75) is 50.6 Å². The van der Waals surface area contributed by atoms with E-state index in [2.05, 4.69) is 11.4 Å². The molecule has 2 amide bonds. The highest BCUT2D eigenvalue weighted by Crippen LogP contribution is 2.22. The van der Waals surface area contributed by atoms with Gasteiger partial charge >= 0.3 is 0 Å². The first-order valence-electron chi connectivity index (χ1n) is 12.0. The summed E-state index contributed by atoms with van der Waals surface area (Å²) in [5, 5.41) is 3.66. The van der Waals surface area contributed by atoms with Gasteiger partial charge in [0.25, 0.3) is 0 Å². The quantitative estimate of drug-likeness (QED) is 0.231. The number of aryl methyl sites for hydroxylation is 1. The third-order valence-corrected chi connectivity index (χ3v) is 7.03. The van der Waals surface area contributed by atoms with Gasteiger partial charge in [0.1, 0.15) is 6.04 Å². The van der Waals surface area contributed by atoms with Crippen molar-refractivity contribution in [1.82, 2.24) is 10.2 Å². The summed E-state index contributed by atoms with van der Waals surface area (Å²) in [6, 6.07) is 25.2. The number of benzene rings is 3. The van der Waals surface area contributed by atoms with E-state index in [9.17, 15) is 9.59 Å². The van der Waals surface area contributed by atoms with Crippen LogP contribution in [-0.4, -0.2) is 35.1 Å². The van der Waals surface area contributed by atoms with Crippen LogP contribution in [0.5, 0.6) is 0 Å². The van der Waals surface area contributed by atoms with Crippen LogP contribution in [-0.2, 0) is 22.6 Å². The van der Waals surface area contributed by atoms with Gasteiger partial charge in [0.15, 0.2) is 0 Å². The van der Waals surface area contributed by atoms with Gasteiger partial charge in [-0.05, 0) is 61.4 Å². The zero-order valence-corrected chi connectivity index (χ0v) is 21.9. The number of rotatable bonds is 12. The molecule has 0 saturated heterocycles. The first-order valence-corrected chi connectivity index (χ1v) is 13.4. The van der Waals surface area contributed by atoms with Gasteiger partial charge in [-0.1, -0.05) is 71.8 Å². The van der Waals surface area contributed by atoms with Crippen molar-refractivity contribution in [3.05, 3.63) is 101 Å². The van der Waals surface area contributed by atoms with Crippen molar-refractivity contribution in [1.29, 1.82) is 0 Å². The number of halogens is 1.